The van der Waals surface area contributed by atoms with Crippen molar-refractivity contribution in [1.82, 2.24) is 0 Å². The van der Waals surface area contributed by atoms with E-state index in [9.17, 15) is 0 Å². The van der Waals surface area contributed by atoms with Crippen LogP contribution in [0.3, 0.4) is 0 Å². The Bertz CT molecular complexity index is 216. The van der Waals surface area contributed by atoms with E-state index in [0.717, 1.165) is 5.33 Å². The van der Waals surface area contributed by atoms with Gasteiger partial charge in [-0.25, -0.2) is 0 Å². The Morgan fingerprint density at radius 3 is 2.13 bits per heavy atom. The summed E-state index contributed by atoms with van der Waals surface area (Å²) in [5, 5.41) is 1.45. The first-order valence-electron chi connectivity index (χ1n) is 5.99. The molecule has 90 valence electrons. The number of hydrogen-bond acceptors (Lipinski definition) is 1. The molecule has 15 heavy (non-hydrogen) atoms. The molecule has 0 spiro atoms. The maximum Gasteiger partial charge on any atom is 0.192 e. The molecule has 0 amide bonds. The third-order valence-corrected chi connectivity index (χ3v) is 8.97. The van der Waals surface area contributed by atoms with Crippen LogP contribution in [0.15, 0.2) is 0 Å². The molecule has 0 N–H and O–H groups in total. The predicted octanol–water partition coefficient (Wildman–Crippen LogP) is 4.72. The van der Waals surface area contributed by atoms with Gasteiger partial charge in [0.1, 0.15) is 0 Å². The van der Waals surface area contributed by atoms with Gasteiger partial charge in [-0.1, -0.05) is 36.7 Å². The minimum Gasteiger partial charge on any atom is -0.411 e. The van der Waals surface area contributed by atoms with Crippen LogP contribution in [0.25, 0.3) is 0 Å². The molecule has 0 aromatic heterocycles. The summed E-state index contributed by atoms with van der Waals surface area (Å²) < 4.78 is 6.52. The Morgan fingerprint density at radius 2 is 1.80 bits per heavy atom. The average molecular weight is 293 g/mol. The molecule has 0 aliphatic heterocycles. The fourth-order valence-electron chi connectivity index (χ4n) is 1.63. The van der Waals surface area contributed by atoms with Gasteiger partial charge in [0, 0.05) is 5.33 Å². The lowest BCUT2D eigenvalue weighted by Crippen LogP contribution is -2.44. The Labute approximate surface area is 104 Å². The summed E-state index contributed by atoms with van der Waals surface area (Å²) in [6.45, 7) is 11.7. The second-order valence-corrected chi connectivity index (χ2v) is 11.9. The van der Waals surface area contributed by atoms with Crippen molar-refractivity contribution in [2.24, 2.45) is 0 Å². The van der Waals surface area contributed by atoms with E-state index in [1.807, 2.05) is 0 Å². The van der Waals surface area contributed by atoms with Crippen LogP contribution in [0.4, 0.5) is 0 Å². The van der Waals surface area contributed by atoms with Crippen LogP contribution in [0, 0.1) is 0 Å². The van der Waals surface area contributed by atoms with Crippen molar-refractivity contribution in [2.75, 3.05) is 5.33 Å². The molecule has 0 bridgehead atoms. The van der Waals surface area contributed by atoms with E-state index in [1.54, 1.807) is 0 Å². The Kier molecular flexibility index (Phi) is 4.11. The minimum atomic E-state index is -1.54. The monoisotopic (exact) mass is 292 g/mol. The Hall–Kier alpha value is 0.657. The van der Waals surface area contributed by atoms with Crippen molar-refractivity contribution >= 4 is 24.2 Å². The molecule has 0 aromatic rings. The zero-order valence-electron chi connectivity index (χ0n) is 10.8. The van der Waals surface area contributed by atoms with E-state index in [2.05, 4.69) is 49.8 Å². The van der Waals surface area contributed by atoms with Crippen molar-refractivity contribution in [1.29, 1.82) is 0 Å². The highest BCUT2D eigenvalue weighted by Gasteiger charge is 2.50. The molecule has 0 atom stereocenters. The van der Waals surface area contributed by atoms with Gasteiger partial charge in [-0.05, 0) is 43.8 Å². The first-order valence-corrected chi connectivity index (χ1v) is 10.0. The number of rotatable bonds is 5. The van der Waals surface area contributed by atoms with Gasteiger partial charge in [0.15, 0.2) is 8.32 Å². The number of halogens is 1. The summed E-state index contributed by atoms with van der Waals surface area (Å²) in [5.41, 5.74) is 0.275. The van der Waals surface area contributed by atoms with Crippen molar-refractivity contribution in [3.05, 3.63) is 0 Å². The average Bonchev–Trinajstić information content (AvgIpc) is 2.79. The maximum absolute atomic E-state index is 6.52. The first kappa shape index (κ1) is 13.7. The van der Waals surface area contributed by atoms with Crippen LogP contribution in [0.2, 0.25) is 18.1 Å². The normalized spacial score (nSPS) is 20.4. The highest BCUT2D eigenvalue weighted by Crippen LogP contribution is 2.50. The smallest absolute Gasteiger partial charge is 0.192 e. The van der Waals surface area contributed by atoms with Gasteiger partial charge in [0.05, 0.1) is 5.60 Å². The minimum absolute atomic E-state index is 0.275. The Balaban J connectivity index is 2.53. The van der Waals surface area contributed by atoms with E-state index < -0.39 is 8.32 Å². The van der Waals surface area contributed by atoms with Gasteiger partial charge in [0.25, 0.3) is 0 Å². The molecule has 1 fully saturated rings. The summed E-state index contributed by atoms with van der Waals surface area (Å²) in [7, 11) is -1.54. The van der Waals surface area contributed by atoms with Gasteiger partial charge >= 0.3 is 0 Å². The fourth-order valence-corrected chi connectivity index (χ4v) is 3.60. The van der Waals surface area contributed by atoms with Crippen LogP contribution >= 0.6 is 15.9 Å². The molecule has 1 rings (SSSR count). The highest BCUT2D eigenvalue weighted by atomic mass is 79.9. The van der Waals surface area contributed by atoms with Crippen LogP contribution in [0.5, 0.6) is 0 Å². The van der Waals surface area contributed by atoms with E-state index in [0.29, 0.717) is 5.04 Å². The third-order valence-electron chi connectivity index (χ3n) is 3.85. The summed E-state index contributed by atoms with van der Waals surface area (Å²) in [4.78, 5) is 0. The second-order valence-electron chi connectivity index (χ2n) is 6.34. The fraction of sp³-hybridized carbons (Fsp3) is 1.00. The van der Waals surface area contributed by atoms with E-state index in [4.69, 9.17) is 4.43 Å². The van der Waals surface area contributed by atoms with Crippen LogP contribution in [-0.2, 0) is 4.43 Å². The van der Waals surface area contributed by atoms with Gasteiger partial charge < -0.3 is 4.43 Å². The molecule has 0 heterocycles. The number of hydrogen-bond donors (Lipinski definition) is 0. The standard InChI is InChI=1S/C12H25BrOSi/c1-11(2,3)15(4,5)14-12(8-9-12)7-6-10-13/h6-10H2,1-5H3. The quantitative estimate of drug-likeness (QED) is 0.526. The summed E-state index contributed by atoms with van der Waals surface area (Å²) in [6.07, 6.45) is 5.05. The first-order chi connectivity index (χ1) is 6.72. The molecular formula is C12H25BrOSi. The zero-order valence-corrected chi connectivity index (χ0v) is 13.4. The van der Waals surface area contributed by atoms with Gasteiger partial charge in [-0.15, -0.1) is 0 Å². The molecule has 0 unspecified atom stereocenters. The molecular weight excluding hydrogens is 268 g/mol. The van der Waals surface area contributed by atoms with Crippen molar-refractivity contribution < 1.29 is 4.43 Å². The molecule has 1 saturated carbocycles. The van der Waals surface area contributed by atoms with Crippen LogP contribution in [-0.4, -0.2) is 19.2 Å². The van der Waals surface area contributed by atoms with Crippen LogP contribution < -0.4 is 0 Å². The lowest BCUT2D eigenvalue weighted by molar-refractivity contribution is 0.147. The summed E-state index contributed by atoms with van der Waals surface area (Å²) >= 11 is 3.50. The highest BCUT2D eigenvalue weighted by molar-refractivity contribution is 9.09. The maximum atomic E-state index is 6.52. The molecule has 0 aromatic carbocycles. The zero-order chi connectivity index (χ0) is 11.7. The van der Waals surface area contributed by atoms with E-state index in [-0.39, 0.29) is 5.60 Å². The molecule has 0 saturated heterocycles. The second kappa shape index (κ2) is 4.50. The number of alkyl halides is 1. The molecule has 1 aliphatic rings. The van der Waals surface area contributed by atoms with E-state index in [1.165, 1.54) is 25.7 Å². The van der Waals surface area contributed by atoms with Crippen molar-refractivity contribution in [2.45, 2.75) is 70.2 Å². The van der Waals surface area contributed by atoms with Gasteiger partial charge in [0.2, 0.25) is 0 Å². The van der Waals surface area contributed by atoms with E-state index >= 15 is 0 Å². The van der Waals surface area contributed by atoms with Crippen molar-refractivity contribution in [3.63, 3.8) is 0 Å². The van der Waals surface area contributed by atoms with Crippen molar-refractivity contribution in [3.8, 4) is 0 Å². The topological polar surface area (TPSA) is 9.23 Å². The largest absolute Gasteiger partial charge is 0.411 e. The van der Waals surface area contributed by atoms with Gasteiger partial charge in [-0.3, -0.25) is 0 Å². The predicted molar refractivity (Wildman–Crippen MR) is 73.3 cm³/mol. The summed E-state index contributed by atoms with van der Waals surface area (Å²) in [6, 6.07) is 0. The third kappa shape index (κ3) is 3.57. The molecule has 0 radical (unpaired) electrons. The lowest BCUT2D eigenvalue weighted by atomic mass is 10.2. The molecule has 1 nitrogen and oxygen atoms in total. The SMILES string of the molecule is CC(C)(C)[Si](C)(C)OC1(CCCBr)CC1. The molecule has 3 heteroatoms. The van der Waals surface area contributed by atoms with Gasteiger partial charge in [-0.2, -0.15) is 0 Å². The van der Waals surface area contributed by atoms with Crippen LogP contribution in [0.1, 0.15) is 46.5 Å². The Morgan fingerprint density at radius 1 is 1.27 bits per heavy atom. The lowest BCUT2D eigenvalue weighted by Gasteiger charge is -2.39. The summed E-state index contributed by atoms with van der Waals surface area (Å²) in [5.74, 6) is 0. The molecule has 1 aliphatic carbocycles.